The summed E-state index contributed by atoms with van der Waals surface area (Å²) in [5.41, 5.74) is 10.4. The molecule has 0 radical (unpaired) electrons. The normalized spacial score (nSPS) is 13.2. The molecule has 0 aliphatic carbocycles. The third kappa shape index (κ3) is 12.8. The molecule has 0 saturated heterocycles. The van der Waals surface area contributed by atoms with Gasteiger partial charge < -0.3 is 27.0 Å². The van der Waals surface area contributed by atoms with Gasteiger partial charge in [0.1, 0.15) is 12.1 Å². The second kappa shape index (κ2) is 11.3. The predicted molar refractivity (Wildman–Crippen MR) is 64.7 cm³/mol. The van der Waals surface area contributed by atoms with E-state index < -0.39 is 24.0 Å². The first-order chi connectivity index (χ1) is 7.86. The zero-order valence-corrected chi connectivity index (χ0v) is 10.3. The van der Waals surface area contributed by atoms with E-state index in [0.717, 1.165) is 12.8 Å². The molecule has 0 unspecified atom stereocenters. The topological polar surface area (TPSA) is 139 Å². The number of carboxylic acids is 2. The summed E-state index contributed by atoms with van der Waals surface area (Å²) in [6, 6.07) is -1.15. The van der Waals surface area contributed by atoms with Crippen LogP contribution in [0.1, 0.15) is 26.2 Å². The molecule has 0 aromatic rings. The minimum atomic E-state index is -0.933. The first-order valence-electron chi connectivity index (χ1n) is 5.45. The highest BCUT2D eigenvalue weighted by molar-refractivity contribution is 5.73. The highest BCUT2D eigenvalue weighted by Crippen LogP contribution is 1.96. The molecule has 7 heteroatoms. The molecule has 2 atom stereocenters. The number of aliphatic carboxylic acids is 2. The van der Waals surface area contributed by atoms with Crippen molar-refractivity contribution >= 4 is 11.9 Å². The van der Waals surface area contributed by atoms with Crippen molar-refractivity contribution in [3.05, 3.63) is 0 Å². The maximum atomic E-state index is 10.1. The van der Waals surface area contributed by atoms with Gasteiger partial charge in [0.05, 0.1) is 0 Å². The Labute approximate surface area is 101 Å². The molecule has 0 amide bonds. The van der Waals surface area contributed by atoms with Gasteiger partial charge in [-0.1, -0.05) is 6.42 Å². The molecule has 0 heterocycles. The smallest absolute Gasteiger partial charge is 0.320 e. The summed E-state index contributed by atoms with van der Waals surface area (Å²) in [4.78, 5) is 20.0. The predicted octanol–water partition coefficient (Wildman–Crippen LogP) is -0.794. The largest absolute Gasteiger partial charge is 0.480 e. The summed E-state index contributed by atoms with van der Waals surface area (Å²) in [5, 5.41) is 19.0. The van der Waals surface area contributed by atoms with Crippen molar-refractivity contribution in [2.75, 3.05) is 13.6 Å². The fourth-order valence-corrected chi connectivity index (χ4v) is 0.756. The van der Waals surface area contributed by atoms with Crippen LogP contribution in [0.15, 0.2) is 0 Å². The van der Waals surface area contributed by atoms with Gasteiger partial charge in [-0.2, -0.15) is 0 Å². The third-order valence-electron chi connectivity index (χ3n) is 2.09. The first kappa shape index (κ1) is 18.2. The fourth-order valence-electron chi connectivity index (χ4n) is 0.756. The van der Waals surface area contributed by atoms with Gasteiger partial charge in [-0.15, -0.1) is 0 Å². The van der Waals surface area contributed by atoms with Crippen molar-refractivity contribution in [3.63, 3.8) is 0 Å². The van der Waals surface area contributed by atoms with Gasteiger partial charge >= 0.3 is 11.9 Å². The molecule has 0 aromatic heterocycles. The Bertz CT molecular complexity index is 224. The van der Waals surface area contributed by atoms with Gasteiger partial charge in [-0.05, 0) is 33.4 Å². The summed E-state index contributed by atoms with van der Waals surface area (Å²) >= 11 is 0. The van der Waals surface area contributed by atoms with Crippen molar-refractivity contribution < 1.29 is 19.8 Å². The van der Waals surface area contributed by atoms with Crippen LogP contribution in [0.3, 0.4) is 0 Å². The standard InChI is InChI=1S/C6H14N2O2.C4H9NO2/c7-4-2-1-3-5(8)6(9)10;1-3(5-2)4(6)7/h5H,1-4,7-8H2,(H,9,10);3,5H,1-2H3,(H,6,7)/t5-;3-/m00/s1. The lowest BCUT2D eigenvalue weighted by atomic mass is 10.1. The Morgan fingerprint density at radius 2 is 1.76 bits per heavy atom. The van der Waals surface area contributed by atoms with Gasteiger partial charge in [-0.25, -0.2) is 0 Å². The van der Waals surface area contributed by atoms with Gasteiger partial charge in [0.2, 0.25) is 0 Å². The van der Waals surface area contributed by atoms with Crippen molar-refractivity contribution in [3.8, 4) is 0 Å². The molecule has 7 nitrogen and oxygen atoms in total. The molecule has 0 aliphatic heterocycles. The molecular weight excluding hydrogens is 226 g/mol. The number of nitrogens with two attached hydrogens (primary N) is 2. The molecule has 0 aromatic carbocycles. The number of hydrogen-bond donors (Lipinski definition) is 5. The summed E-state index contributed by atoms with van der Waals surface area (Å²) in [6.45, 7) is 2.19. The average Bonchev–Trinajstić information content (AvgIpc) is 2.28. The lowest BCUT2D eigenvalue weighted by molar-refractivity contribution is -0.139. The minimum Gasteiger partial charge on any atom is -0.480 e. The van der Waals surface area contributed by atoms with Crippen LogP contribution in [0, 0.1) is 0 Å². The van der Waals surface area contributed by atoms with Crippen LogP contribution < -0.4 is 16.8 Å². The van der Waals surface area contributed by atoms with Gasteiger partial charge in [0.15, 0.2) is 0 Å². The number of nitrogens with one attached hydrogen (secondary N) is 1. The van der Waals surface area contributed by atoms with Crippen LogP contribution >= 0.6 is 0 Å². The van der Waals surface area contributed by atoms with Crippen LogP contribution in [0.5, 0.6) is 0 Å². The van der Waals surface area contributed by atoms with E-state index in [1.54, 1.807) is 14.0 Å². The lowest BCUT2D eigenvalue weighted by Gasteiger charge is -2.03. The van der Waals surface area contributed by atoms with E-state index >= 15 is 0 Å². The van der Waals surface area contributed by atoms with E-state index in [1.807, 2.05) is 0 Å². The van der Waals surface area contributed by atoms with Crippen molar-refractivity contribution in [1.29, 1.82) is 0 Å². The molecule has 0 bridgehead atoms. The number of unbranched alkanes of at least 4 members (excludes halogenated alkanes) is 1. The highest BCUT2D eigenvalue weighted by atomic mass is 16.4. The number of likely N-dealkylation sites (N-methyl/N-ethyl adjacent to an activating group) is 1. The van der Waals surface area contributed by atoms with Gasteiger partial charge in [0, 0.05) is 0 Å². The van der Waals surface area contributed by atoms with Gasteiger partial charge in [-0.3, -0.25) is 9.59 Å². The number of hydrogen-bond acceptors (Lipinski definition) is 5. The van der Waals surface area contributed by atoms with E-state index in [-0.39, 0.29) is 0 Å². The zero-order valence-electron chi connectivity index (χ0n) is 10.3. The summed E-state index contributed by atoms with van der Waals surface area (Å²) in [6.07, 6.45) is 2.16. The molecule has 0 fully saturated rings. The Kier molecular flexibility index (Phi) is 12.1. The third-order valence-corrected chi connectivity index (χ3v) is 2.09. The van der Waals surface area contributed by atoms with E-state index in [2.05, 4.69) is 5.32 Å². The Morgan fingerprint density at radius 3 is 2.00 bits per heavy atom. The molecule has 7 N–H and O–H groups in total. The maximum absolute atomic E-state index is 10.1. The number of carboxylic acid groups (broad SMARTS) is 2. The second-order valence-electron chi connectivity index (χ2n) is 3.58. The lowest BCUT2D eigenvalue weighted by Crippen LogP contribution is -2.29. The van der Waals surface area contributed by atoms with Crippen LogP contribution in [-0.4, -0.2) is 47.8 Å². The Hall–Kier alpha value is -1.18. The van der Waals surface area contributed by atoms with E-state index in [4.69, 9.17) is 21.7 Å². The monoisotopic (exact) mass is 249 g/mol. The van der Waals surface area contributed by atoms with E-state index in [0.29, 0.717) is 13.0 Å². The molecule has 0 saturated carbocycles. The maximum Gasteiger partial charge on any atom is 0.320 e. The van der Waals surface area contributed by atoms with Crippen molar-refractivity contribution in [2.45, 2.75) is 38.3 Å². The summed E-state index contributed by atoms with van der Waals surface area (Å²) in [7, 11) is 1.61. The molecule has 0 spiro atoms. The second-order valence-corrected chi connectivity index (χ2v) is 3.58. The van der Waals surface area contributed by atoms with Crippen LogP contribution in [0.4, 0.5) is 0 Å². The molecule has 0 rings (SSSR count). The van der Waals surface area contributed by atoms with E-state index in [9.17, 15) is 9.59 Å². The van der Waals surface area contributed by atoms with Crippen molar-refractivity contribution in [1.82, 2.24) is 5.32 Å². The molecule has 0 aliphatic rings. The Balaban J connectivity index is 0. The van der Waals surface area contributed by atoms with Crippen LogP contribution in [0.25, 0.3) is 0 Å². The molecule has 17 heavy (non-hydrogen) atoms. The SMILES string of the molecule is CN[C@@H](C)C(=O)O.NCCCC[C@H](N)C(=O)O. The quantitative estimate of drug-likeness (QED) is 0.372. The number of rotatable bonds is 7. The highest BCUT2D eigenvalue weighted by Gasteiger charge is 2.09. The number of carbonyl (C=O) groups is 2. The first-order valence-corrected chi connectivity index (χ1v) is 5.45. The minimum absolute atomic E-state index is 0.431. The molecule has 102 valence electrons. The zero-order chi connectivity index (χ0) is 13.8. The average molecular weight is 249 g/mol. The van der Waals surface area contributed by atoms with Crippen LogP contribution in [-0.2, 0) is 9.59 Å². The summed E-state index contributed by atoms with van der Waals surface area (Å²) < 4.78 is 0. The Morgan fingerprint density at radius 1 is 1.24 bits per heavy atom. The van der Waals surface area contributed by atoms with Crippen molar-refractivity contribution in [2.24, 2.45) is 11.5 Å². The van der Waals surface area contributed by atoms with Gasteiger partial charge in [0.25, 0.3) is 0 Å². The van der Waals surface area contributed by atoms with Crippen LogP contribution in [0.2, 0.25) is 0 Å². The fraction of sp³-hybridized carbons (Fsp3) is 0.800. The molecular formula is C10H23N3O4. The summed E-state index contributed by atoms with van der Waals surface area (Å²) in [5.74, 6) is -1.75. The van der Waals surface area contributed by atoms with E-state index in [1.165, 1.54) is 0 Å².